The molecule has 5 nitrogen and oxygen atoms in total. The molecule has 6 heteroatoms. The van der Waals surface area contributed by atoms with Crippen molar-refractivity contribution in [2.45, 2.75) is 20.8 Å². The molecular weight excluding hydrogens is 394 g/mol. The molecule has 30 heavy (non-hydrogen) atoms. The van der Waals surface area contributed by atoms with E-state index in [-0.39, 0.29) is 11.0 Å². The van der Waals surface area contributed by atoms with Crippen molar-refractivity contribution >= 4 is 40.0 Å². The predicted octanol–water partition coefficient (Wildman–Crippen LogP) is 5.55. The molecule has 0 bridgehead atoms. The van der Waals surface area contributed by atoms with Crippen LogP contribution in [0.3, 0.4) is 0 Å². The third-order valence-electron chi connectivity index (χ3n) is 4.88. The zero-order valence-electron chi connectivity index (χ0n) is 16.9. The van der Waals surface area contributed by atoms with Crippen molar-refractivity contribution < 1.29 is 9.21 Å². The number of hydrogen-bond donors (Lipinski definition) is 2. The molecule has 150 valence electrons. The fourth-order valence-electron chi connectivity index (χ4n) is 3.28. The number of para-hydroxylation sites is 2. The zero-order valence-corrected chi connectivity index (χ0v) is 17.8. The minimum Gasteiger partial charge on any atom is -0.436 e. The van der Waals surface area contributed by atoms with E-state index in [1.807, 2.05) is 81.4 Å². The minimum absolute atomic E-state index is 0.234. The SMILES string of the molecule is Cc1ccc(C(=O)NC(=S)Nc2cc(-c3nc4ccccc4o3)ccc2C)c(C)c1. The van der Waals surface area contributed by atoms with Crippen LogP contribution in [-0.2, 0) is 0 Å². The summed E-state index contributed by atoms with van der Waals surface area (Å²) in [5.41, 5.74) is 6.74. The number of nitrogens with one attached hydrogen (secondary N) is 2. The Labute approximate surface area is 180 Å². The van der Waals surface area contributed by atoms with Gasteiger partial charge in [-0.3, -0.25) is 10.1 Å². The van der Waals surface area contributed by atoms with Gasteiger partial charge in [0.25, 0.3) is 5.91 Å². The minimum atomic E-state index is -0.238. The number of aryl methyl sites for hydroxylation is 3. The van der Waals surface area contributed by atoms with E-state index in [1.54, 1.807) is 0 Å². The lowest BCUT2D eigenvalue weighted by atomic mass is 10.1. The van der Waals surface area contributed by atoms with Crippen LogP contribution in [0.2, 0.25) is 0 Å². The second-order valence-electron chi connectivity index (χ2n) is 7.24. The van der Waals surface area contributed by atoms with Crippen molar-refractivity contribution in [3.05, 3.63) is 82.9 Å². The zero-order chi connectivity index (χ0) is 21.3. The van der Waals surface area contributed by atoms with Gasteiger partial charge in [-0.25, -0.2) is 4.98 Å². The van der Waals surface area contributed by atoms with Crippen molar-refractivity contribution in [2.75, 3.05) is 5.32 Å². The number of fused-ring (bicyclic) bond motifs is 1. The van der Waals surface area contributed by atoms with E-state index in [0.717, 1.165) is 39.0 Å². The molecule has 0 aliphatic heterocycles. The normalized spacial score (nSPS) is 10.8. The van der Waals surface area contributed by atoms with Crippen molar-refractivity contribution in [1.82, 2.24) is 10.3 Å². The first-order valence-electron chi connectivity index (χ1n) is 9.57. The summed E-state index contributed by atoms with van der Waals surface area (Å²) in [6, 6.07) is 19.1. The lowest BCUT2D eigenvalue weighted by molar-refractivity contribution is 0.0977. The number of aromatic nitrogens is 1. The first kappa shape index (κ1) is 19.8. The molecule has 0 atom stereocenters. The van der Waals surface area contributed by atoms with Crippen LogP contribution in [0, 0.1) is 20.8 Å². The Morgan fingerprint density at radius 1 is 0.967 bits per heavy atom. The molecule has 1 amide bonds. The highest BCUT2D eigenvalue weighted by Gasteiger charge is 2.13. The molecule has 0 saturated heterocycles. The number of benzene rings is 3. The van der Waals surface area contributed by atoms with Gasteiger partial charge in [0.15, 0.2) is 10.7 Å². The van der Waals surface area contributed by atoms with Gasteiger partial charge in [-0.1, -0.05) is 35.9 Å². The Morgan fingerprint density at radius 3 is 2.53 bits per heavy atom. The van der Waals surface area contributed by atoms with E-state index in [4.69, 9.17) is 16.6 Å². The van der Waals surface area contributed by atoms with Gasteiger partial charge >= 0.3 is 0 Å². The average molecular weight is 416 g/mol. The summed E-state index contributed by atoms with van der Waals surface area (Å²) >= 11 is 5.37. The largest absolute Gasteiger partial charge is 0.436 e. The Kier molecular flexibility index (Phi) is 5.33. The molecule has 0 aliphatic carbocycles. The maximum Gasteiger partial charge on any atom is 0.257 e. The van der Waals surface area contributed by atoms with Crippen LogP contribution in [0.25, 0.3) is 22.6 Å². The van der Waals surface area contributed by atoms with Crippen LogP contribution in [0.5, 0.6) is 0 Å². The lowest BCUT2D eigenvalue weighted by Gasteiger charge is -2.13. The average Bonchev–Trinajstić information content (AvgIpc) is 3.13. The smallest absolute Gasteiger partial charge is 0.257 e. The number of hydrogen-bond acceptors (Lipinski definition) is 4. The fourth-order valence-corrected chi connectivity index (χ4v) is 3.48. The molecule has 2 N–H and O–H groups in total. The summed E-state index contributed by atoms with van der Waals surface area (Å²) in [5.74, 6) is 0.294. The molecule has 0 aliphatic rings. The lowest BCUT2D eigenvalue weighted by Crippen LogP contribution is -2.34. The Bertz CT molecular complexity index is 1240. The number of thiocarbonyl (C=S) groups is 1. The molecule has 4 aromatic rings. The van der Waals surface area contributed by atoms with E-state index in [2.05, 4.69) is 15.6 Å². The Hall–Kier alpha value is -3.51. The summed E-state index contributed by atoms with van der Waals surface area (Å²) in [5, 5.41) is 6.11. The molecule has 0 fully saturated rings. The van der Waals surface area contributed by atoms with Crippen LogP contribution in [0.1, 0.15) is 27.0 Å². The van der Waals surface area contributed by atoms with Crippen LogP contribution in [0.15, 0.2) is 65.1 Å². The maximum absolute atomic E-state index is 12.6. The van der Waals surface area contributed by atoms with Crippen LogP contribution in [0.4, 0.5) is 5.69 Å². The van der Waals surface area contributed by atoms with Crippen molar-refractivity contribution in [1.29, 1.82) is 0 Å². The molecule has 1 heterocycles. The Morgan fingerprint density at radius 2 is 1.77 bits per heavy atom. The molecule has 0 spiro atoms. The molecule has 1 aromatic heterocycles. The van der Waals surface area contributed by atoms with Crippen molar-refractivity contribution in [2.24, 2.45) is 0 Å². The van der Waals surface area contributed by atoms with Gasteiger partial charge in [-0.2, -0.15) is 0 Å². The first-order chi connectivity index (χ1) is 14.4. The van der Waals surface area contributed by atoms with E-state index in [0.29, 0.717) is 11.5 Å². The molecule has 0 radical (unpaired) electrons. The van der Waals surface area contributed by atoms with Gasteiger partial charge < -0.3 is 9.73 Å². The number of carbonyl (C=O) groups is 1. The van der Waals surface area contributed by atoms with Gasteiger partial charge in [-0.05, 0) is 74.4 Å². The van der Waals surface area contributed by atoms with Gasteiger partial charge in [-0.15, -0.1) is 0 Å². The Balaban J connectivity index is 1.53. The summed E-state index contributed by atoms with van der Waals surface area (Å²) < 4.78 is 5.86. The summed E-state index contributed by atoms with van der Waals surface area (Å²) in [7, 11) is 0. The predicted molar refractivity (Wildman–Crippen MR) is 124 cm³/mol. The summed E-state index contributed by atoms with van der Waals surface area (Å²) in [6.07, 6.45) is 0. The third-order valence-corrected chi connectivity index (χ3v) is 5.08. The van der Waals surface area contributed by atoms with Gasteiger partial charge in [0.2, 0.25) is 5.89 Å². The number of oxazole rings is 1. The second kappa shape index (κ2) is 8.08. The first-order valence-corrected chi connectivity index (χ1v) is 9.98. The van der Waals surface area contributed by atoms with Gasteiger partial charge in [0.1, 0.15) is 5.52 Å². The van der Waals surface area contributed by atoms with Crippen LogP contribution >= 0.6 is 12.2 Å². The molecule has 0 saturated carbocycles. The third kappa shape index (κ3) is 4.09. The fraction of sp³-hybridized carbons (Fsp3) is 0.125. The highest BCUT2D eigenvalue weighted by Crippen LogP contribution is 2.28. The number of rotatable bonds is 3. The molecule has 0 unspecified atom stereocenters. The van der Waals surface area contributed by atoms with Gasteiger partial charge in [0, 0.05) is 16.8 Å². The maximum atomic E-state index is 12.6. The molecule has 3 aromatic carbocycles. The highest BCUT2D eigenvalue weighted by molar-refractivity contribution is 7.80. The standard InChI is InChI=1S/C24H21N3O2S/c1-14-8-11-18(16(3)12-14)22(28)27-24(30)26-20-13-17(10-9-15(20)2)23-25-19-6-4-5-7-21(19)29-23/h4-13H,1-3H3,(H2,26,27,28,30). The van der Waals surface area contributed by atoms with E-state index < -0.39 is 0 Å². The van der Waals surface area contributed by atoms with E-state index in [9.17, 15) is 4.79 Å². The molecular formula is C24H21N3O2S. The highest BCUT2D eigenvalue weighted by atomic mass is 32.1. The summed E-state index contributed by atoms with van der Waals surface area (Å²) in [6.45, 7) is 5.87. The number of amides is 1. The quantitative estimate of drug-likeness (QED) is 0.430. The topological polar surface area (TPSA) is 67.2 Å². The van der Waals surface area contributed by atoms with Crippen LogP contribution in [-0.4, -0.2) is 16.0 Å². The summed E-state index contributed by atoms with van der Waals surface area (Å²) in [4.78, 5) is 17.1. The monoisotopic (exact) mass is 415 g/mol. The molecule has 4 rings (SSSR count). The van der Waals surface area contributed by atoms with Gasteiger partial charge in [0.05, 0.1) is 0 Å². The van der Waals surface area contributed by atoms with E-state index in [1.165, 1.54) is 0 Å². The van der Waals surface area contributed by atoms with Crippen molar-refractivity contribution in [3.63, 3.8) is 0 Å². The second-order valence-corrected chi connectivity index (χ2v) is 7.65. The van der Waals surface area contributed by atoms with Crippen molar-refractivity contribution in [3.8, 4) is 11.5 Å². The number of anilines is 1. The van der Waals surface area contributed by atoms with Crippen LogP contribution < -0.4 is 10.6 Å². The van der Waals surface area contributed by atoms with E-state index >= 15 is 0 Å². The number of nitrogens with zero attached hydrogens (tertiary/aromatic N) is 1. The number of carbonyl (C=O) groups excluding carboxylic acids is 1.